The molecule has 0 saturated carbocycles. The van der Waals surface area contributed by atoms with Gasteiger partial charge in [0.15, 0.2) is 12.1 Å². The SMILES string of the molecule is O=C1[C@@H]2[C@@H](N=NN2CC(=O)N2N=C(c3cccc4ccccc34)C[C@@H]2c2ccccc2)C(=O)N1c1ccccc1. The lowest BCUT2D eigenvalue weighted by Gasteiger charge is -2.25. The van der Waals surface area contributed by atoms with Gasteiger partial charge in [-0.3, -0.25) is 19.4 Å². The van der Waals surface area contributed by atoms with Crippen LogP contribution in [0.3, 0.4) is 0 Å². The third-order valence-corrected chi connectivity index (χ3v) is 7.62. The average Bonchev–Trinajstić information content (AvgIpc) is 3.69. The summed E-state index contributed by atoms with van der Waals surface area (Å²) >= 11 is 0. The Hall–Kier alpha value is -5.18. The Morgan fingerprint density at radius 3 is 2.30 bits per heavy atom. The number of hydrazone groups is 1. The molecule has 9 nitrogen and oxygen atoms in total. The van der Waals surface area contributed by atoms with Gasteiger partial charge in [0, 0.05) is 12.0 Å². The Morgan fingerprint density at radius 2 is 1.50 bits per heavy atom. The predicted molar refractivity (Wildman–Crippen MR) is 149 cm³/mol. The van der Waals surface area contributed by atoms with Crippen molar-refractivity contribution in [2.75, 3.05) is 11.4 Å². The van der Waals surface area contributed by atoms with E-state index >= 15 is 0 Å². The fraction of sp³-hybridized carbons (Fsp3) is 0.161. The third-order valence-electron chi connectivity index (χ3n) is 7.62. The molecule has 7 rings (SSSR count). The van der Waals surface area contributed by atoms with Crippen LogP contribution in [0.1, 0.15) is 23.6 Å². The smallest absolute Gasteiger partial charge is 0.264 e. The summed E-state index contributed by atoms with van der Waals surface area (Å²) in [6.45, 7) is -0.234. The van der Waals surface area contributed by atoms with Crippen molar-refractivity contribution in [1.82, 2.24) is 10.0 Å². The fourth-order valence-electron chi connectivity index (χ4n) is 5.71. The minimum Gasteiger partial charge on any atom is -0.271 e. The maximum Gasteiger partial charge on any atom is 0.264 e. The standard InChI is InChI=1S/C31H24N6O3/c38-27(19-35-29-28(32-34-35)30(39)36(31(29)40)22-14-5-2-6-15-22)37-26(21-11-3-1-4-12-21)18-25(33-37)24-17-9-13-20-10-7-8-16-23(20)24/h1-17,26,28-29H,18-19H2/t26-,28-,29+/m1/s1. The molecule has 0 unspecified atom stereocenters. The van der Waals surface area contributed by atoms with Gasteiger partial charge in [-0.25, -0.2) is 9.91 Å². The maximum absolute atomic E-state index is 13.8. The van der Waals surface area contributed by atoms with Gasteiger partial charge in [0.05, 0.1) is 17.4 Å². The van der Waals surface area contributed by atoms with Crippen LogP contribution < -0.4 is 4.90 Å². The van der Waals surface area contributed by atoms with Gasteiger partial charge >= 0.3 is 0 Å². The number of benzene rings is 4. The zero-order valence-electron chi connectivity index (χ0n) is 21.4. The number of carbonyl (C=O) groups excluding carboxylic acids is 3. The first kappa shape index (κ1) is 23.9. The number of hydrogen-bond donors (Lipinski definition) is 0. The molecule has 9 heteroatoms. The molecular weight excluding hydrogens is 504 g/mol. The first-order valence-electron chi connectivity index (χ1n) is 13.1. The number of anilines is 1. The van der Waals surface area contributed by atoms with Gasteiger partial charge in [-0.2, -0.15) is 10.2 Å². The van der Waals surface area contributed by atoms with Crippen LogP contribution in [0.4, 0.5) is 5.69 Å². The van der Waals surface area contributed by atoms with Gasteiger partial charge in [-0.05, 0) is 28.5 Å². The summed E-state index contributed by atoms with van der Waals surface area (Å²) in [5.41, 5.74) is 3.21. The second-order valence-electron chi connectivity index (χ2n) is 9.98. The molecule has 3 aliphatic heterocycles. The van der Waals surface area contributed by atoms with E-state index in [1.807, 2.05) is 60.7 Å². The van der Waals surface area contributed by atoms with Crippen LogP contribution in [0.5, 0.6) is 0 Å². The predicted octanol–water partition coefficient (Wildman–Crippen LogP) is 4.51. The summed E-state index contributed by atoms with van der Waals surface area (Å²) in [7, 11) is 0. The highest BCUT2D eigenvalue weighted by Gasteiger charge is 2.55. The van der Waals surface area contributed by atoms with Crippen molar-refractivity contribution in [1.29, 1.82) is 0 Å². The molecule has 0 radical (unpaired) electrons. The first-order valence-corrected chi connectivity index (χ1v) is 13.1. The van der Waals surface area contributed by atoms with E-state index in [9.17, 15) is 14.4 Å². The number of fused-ring (bicyclic) bond motifs is 2. The number of nitrogens with zero attached hydrogens (tertiary/aromatic N) is 6. The molecule has 1 fully saturated rings. The number of para-hydroxylation sites is 1. The van der Waals surface area contributed by atoms with Gasteiger partial charge in [0.25, 0.3) is 17.7 Å². The molecule has 0 bridgehead atoms. The molecule has 4 aromatic carbocycles. The van der Waals surface area contributed by atoms with E-state index in [4.69, 9.17) is 5.10 Å². The van der Waals surface area contributed by atoms with Crippen LogP contribution in [-0.4, -0.2) is 52.1 Å². The number of imide groups is 1. The minimum atomic E-state index is -0.973. The number of rotatable bonds is 5. The molecule has 3 atom stereocenters. The van der Waals surface area contributed by atoms with E-state index in [0.717, 1.165) is 32.5 Å². The highest BCUT2D eigenvalue weighted by Crippen LogP contribution is 2.36. The lowest BCUT2D eigenvalue weighted by Crippen LogP contribution is -2.44. The van der Waals surface area contributed by atoms with Crippen LogP contribution in [-0.2, 0) is 14.4 Å². The lowest BCUT2D eigenvalue weighted by molar-refractivity contribution is -0.135. The third kappa shape index (κ3) is 3.86. The molecule has 3 aliphatic rings. The van der Waals surface area contributed by atoms with Crippen LogP contribution in [0, 0.1) is 0 Å². The van der Waals surface area contributed by atoms with E-state index in [-0.39, 0.29) is 18.5 Å². The van der Waals surface area contributed by atoms with Crippen molar-refractivity contribution >= 4 is 39.9 Å². The average molecular weight is 529 g/mol. The maximum atomic E-state index is 13.8. The second-order valence-corrected chi connectivity index (χ2v) is 9.98. The molecule has 0 aliphatic carbocycles. The second kappa shape index (κ2) is 9.53. The Balaban J connectivity index is 1.19. The summed E-state index contributed by atoms with van der Waals surface area (Å²) in [6.07, 6.45) is 0.538. The molecule has 0 spiro atoms. The van der Waals surface area contributed by atoms with Crippen LogP contribution in [0.2, 0.25) is 0 Å². The molecule has 0 aromatic heterocycles. The van der Waals surface area contributed by atoms with Gasteiger partial charge in [-0.15, -0.1) is 0 Å². The molecule has 4 aromatic rings. The summed E-state index contributed by atoms with van der Waals surface area (Å²) in [5.74, 6) is -1.22. The van der Waals surface area contributed by atoms with Crippen molar-refractivity contribution in [3.63, 3.8) is 0 Å². The number of amides is 3. The Morgan fingerprint density at radius 1 is 0.800 bits per heavy atom. The molecule has 40 heavy (non-hydrogen) atoms. The van der Waals surface area contributed by atoms with E-state index in [1.54, 1.807) is 24.3 Å². The normalized spacial score (nSPS) is 21.9. The van der Waals surface area contributed by atoms with Crippen molar-refractivity contribution in [2.45, 2.75) is 24.5 Å². The van der Waals surface area contributed by atoms with E-state index < -0.39 is 23.9 Å². The Kier molecular flexibility index (Phi) is 5.70. The largest absolute Gasteiger partial charge is 0.271 e. The molecule has 0 N–H and O–H groups in total. The van der Waals surface area contributed by atoms with Crippen LogP contribution >= 0.6 is 0 Å². The van der Waals surface area contributed by atoms with E-state index in [1.165, 1.54) is 10.0 Å². The Bertz CT molecular complexity index is 1700. The summed E-state index contributed by atoms with van der Waals surface area (Å²) in [5, 5.41) is 18.0. The van der Waals surface area contributed by atoms with Crippen LogP contribution in [0.15, 0.2) is 119 Å². The fourth-order valence-corrected chi connectivity index (χ4v) is 5.71. The van der Waals surface area contributed by atoms with Crippen molar-refractivity contribution in [2.24, 2.45) is 15.4 Å². The van der Waals surface area contributed by atoms with Crippen molar-refractivity contribution in [3.05, 3.63) is 114 Å². The first-order chi connectivity index (χ1) is 19.6. The Labute approximate surface area is 230 Å². The quantitative estimate of drug-likeness (QED) is 0.356. The summed E-state index contributed by atoms with van der Waals surface area (Å²) in [4.78, 5) is 41.3. The zero-order valence-corrected chi connectivity index (χ0v) is 21.4. The van der Waals surface area contributed by atoms with Gasteiger partial charge in [0.2, 0.25) is 0 Å². The molecule has 196 valence electrons. The monoisotopic (exact) mass is 528 g/mol. The van der Waals surface area contributed by atoms with E-state index in [0.29, 0.717) is 12.1 Å². The van der Waals surface area contributed by atoms with Gasteiger partial charge in [0.1, 0.15) is 6.54 Å². The molecular formula is C31H24N6O3. The van der Waals surface area contributed by atoms with E-state index in [2.05, 4.69) is 28.5 Å². The number of hydrogen-bond acceptors (Lipinski definition) is 7. The van der Waals surface area contributed by atoms with Crippen molar-refractivity contribution in [3.8, 4) is 0 Å². The highest BCUT2D eigenvalue weighted by atomic mass is 16.2. The summed E-state index contributed by atoms with van der Waals surface area (Å²) < 4.78 is 0. The lowest BCUT2D eigenvalue weighted by atomic mass is 9.95. The zero-order chi connectivity index (χ0) is 27.2. The molecule has 3 amide bonds. The molecule has 1 saturated heterocycles. The topological polar surface area (TPSA) is 98.0 Å². The minimum absolute atomic E-state index is 0.234. The van der Waals surface area contributed by atoms with Gasteiger partial charge < -0.3 is 0 Å². The highest BCUT2D eigenvalue weighted by molar-refractivity contribution is 6.25. The van der Waals surface area contributed by atoms with Gasteiger partial charge in [-0.1, -0.05) is 96.2 Å². The molecule has 3 heterocycles. The van der Waals surface area contributed by atoms with Crippen molar-refractivity contribution < 1.29 is 14.4 Å². The van der Waals surface area contributed by atoms with Crippen LogP contribution in [0.25, 0.3) is 10.8 Å². The number of carbonyl (C=O) groups is 3. The summed E-state index contributed by atoms with van der Waals surface area (Å²) in [6, 6.07) is 30.4.